The molecule has 150 valence electrons. The molecular formula is C24H26N2O3. The molecule has 5 heteroatoms. The number of likely N-dealkylation sites (N-methyl/N-ethyl adjacent to an activating group) is 1. The Morgan fingerprint density at radius 2 is 1.69 bits per heavy atom. The summed E-state index contributed by atoms with van der Waals surface area (Å²) in [6.07, 6.45) is 0.891. The van der Waals surface area contributed by atoms with E-state index in [1.165, 1.54) is 4.90 Å². The normalized spacial score (nSPS) is 23.0. The average Bonchev–Trinajstić information content (AvgIpc) is 3.48. The number of benzene rings is 2. The monoisotopic (exact) mass is 390 g/mol. The van der Waals surface area contributed by atoms with Crippen LogP contribution in [-0.4, -0.2) is 47.2 Å². The Morgan fingerprint density at radius 1 is 1.03 bits per heavy atom. The van der Waals surface area contributed by atoms with Gasteiger partial charge in [0.05, 0.1) is 11.8 Å². The van der Waals surface area contributed by atoms with Gasteiger partial charge in [0.2, 0.25) is 11.8 Å². The molecular weight excluding hydrogens is 364 g/mol. The van der Waals surface area contributed by atoms with Crippen LogP contribution < -0.4 is 0 Å². The average molecular weight is 390 g/mol. The predicted molar refractivity (Wildman–Crippen MR) is 110 cm³/mol. The van der Waals surface area contributed by atoms with E-state index >= 15 is 0 Å². The Balaban J connectivity index is 1.63. The molecule has 3 amide bonds. The molecule has 4 rings (SSSR count). The third kappa shape index (κ3) is 3.15. The predicted octanol–water partition coefficient (Wildman–Crippen LogP) is 3.04. The maximum absolute atomic E-state index is 13.4. The van der Waals surface area contributed by atoms with E-state index in [1.54, 1.807) is 6.07 Å². The zero-order valence-corrected chi connectivity index (χ0v) is 16.9. The standard InChI is InChI=1S/C24H26N2O3/c1-3-25(4-2)23(29)24(18-11-6-5-7-12-18)15-19(24)16-26-21(27)14-17-10-8-9-13-20(17)22(26)28/h5-13,19H,3-4,14-16H2,1-2H3/t19?,24-/m1/s1. The van der Waals surface area contributed by atoms with Gasteiger partial charge in [0.1, 0.15) is 0 Å². The minimum absolute atomic E-state index is 0.0591. The summed E-state index contributed by atoms with van der Waals surface area (Å²) in [7, 11) is 0. The van der Waals surface area contributed by atoms with E-state index in [1.807, 2.05) is 67.3 Å². The Bertz CT molecular complexity index is 952. The summed E-state index contributed by atoms with van der Waals surface area (Å²) in [4.78, 5) is 42.3. The molecule has 1 aliphatic heterocycles. The molecule has 2 atom stereocenters. The van der Waals surface area contributed by atoms with Crippen LogP contribution in [0.15, 0.2) is 54.6 Å². The minimum atomic E-state index is -0.648. The largest absolute Gasteiger partial charge is 0.342 e. The highest BCUT2D eigenvalue weighted by atomic mass is 16.2. The zero-order chi connectivity index (χ0) is 20.6. The Labute approximate surface area is 171 Å². The molecule has 0 spiro atoms. The van der Waals surface area contributed by atoms with Crippen molar-refractivity contribution in [2.24, 2.45) is 5.92 Å². The molecule has 1 fully saturated rings. The number of imide groups is 1. The number of carbonyl (C=O) groups excluding carboxylic acids is 3. The van der Waals surface area contributed by atoms with Gasteiger partial charge in [0.25, 0.3) is 5.91 Å². The molecule has 0 radical (unpaired) electrons. The highest BCUT2D eigenvalue weighted by molar-refractivity contribution is 6.09. The van der Waals surface area contributed by atoms with Crippen molar-refractivity contribution in [1.29, 1.82) is 0 Å². The van der Waals surface area contributed by atoms with Crippen molar-refractivity contribution in [2.75, 3.05) is 19.6 Å². The first-order chi connectivity index (χ1) is 14.0. The highest BCUT2D eigenvalue weighted by Crippen LogP contribution is 2.56. The van der Waals surface area contributed by atoms with Gasteiger partial charge in [0, 0.05) is 25.2 Å². The van der Waals surface area contributed by atoms with Crippen LogP contribution in [0.25, 0.3) is 0 Å². The van der Waals surface area contributed by atoms with E-state index in [2.05, 4.69) is 0 Å². The third-order valence-corrected chi connectivity index (χ3v) is 6.36. The van der Waals surface area contributed by atoms with Gasteiger partial charge >= 0.3 is 0 Å². The Morgan fingerprint density at radius 3 is 2.38 bits per heavy atom. The van der Waals surface area contributed by atoms with Crippen molar-refractivity contribution in [3.8, 4) is 0 Å². The smallest absolute Gasteiger partial charge is 0.260 e. The van der Waals surface area contributed by atoms with Gasteiger partial charge < -0.3 is 4.90 Å². The van der Waals surface area contributed by atoms with Crippen LogP contribution in [0, 0.1) is 5.92 Å². The number of carbonyl (C=O) groups is 3. The summed E-state index contributed by atoms with van der Waals surface area (Å²) in [5, 5.41) is 0. The number of hydrogen-bond donors (Lipinski definition) is 0. The van der Waals surface area contributed by atoms with Gasteiger partial charge in [-0.1, -0.05) is 48.5 Å². The molecule has 0 N–H and O–H groups in total. The molecule has 2 aromatic rings. The van der Waals surface area contributed by atoms with Crippen LogP contribution in [-0.2, 0) is 21.4 Å². The van der Waals surface area contributed by atoms with Crippen molar-refractivity contribution in [3.05, 3.63) is 71.3 Å². The lowest BCUT2D eigenvalue weighted by Crippen LogP contribution is -2.46. The van der Waals surface area contributed by atoms with Gasteiger partial charge in [-0.15, -0.1) is 0 Å². The lowest BCUT2D eigenvalue weighted by Gasteiger charge is -2.30. The maximum Gasteiger partial charge on any atom is 0.260 e. The van der Waals surface area contributed by atoms with Crippen molar-refractivity contribution in [2.45, 2.75) is 32.1 Å². The van der Waals surface area contributed by atoms with Crippen LogP contribution in [0.1, 0.15) is 41.8 Å². The fourth-order valence-electron chi connectivity index (χ4n) is 4.62. The SMILES string of the molecule is CCN(CC)C(=O)[C@@]1(c2ccccc2)CC1CN1C(=O)Cc2ccccc2C1=O. The van der Waals surface area contributed by atoms with Crippen molar-refractivity contribution in [3.63, 3.8) is 0 Å². The summed E-state index contributed by atoms with van der Waals surface area (Å²) in [5.74, 6) is -0.397. The molecule has 1 heterocycles. The van der Waals surface area contributed by atoms with Gasteiger partial charge in [0.15, 0.2) is 0 Å². The Kier molecular flexibility index (Phi) is 4.99. The summed E-state index contributed by atoms with van der Waals surface area (Å²) in [5.41, 5.74) is 1.69. The van der Waals surface area contributed by atoms with E-state index < -0.39 is 5.41 Å². The Hall–Kier alpha value is -2.95. The van der Waals surface area contributed by atoms with Crippen molar-refractivity contribution >= 4 is 17.7 Å². The highest BCUT2D eigenvalue weighted by Gasteiger charge is 2.62. The van der Waals surface area contributed by atoms with E-state index in [9.17, 15) is 14.4 Å². The molecule has 1 unspecified atom stereocenters. The van der Waals surface area contributed by atoms with E-state index in [4.69, 9.17) is 0 Å². The van der Waals surface area contributed by atoms with E-state index in [0.29, 0.717) is 25.1 Å². The molecule has 0 bridgehead atoms. The first-order valence-electron chi connectivity index (χ1n) is 10.3. The molecule has 1 saturated carbocycles. The van der Waals surface area contributed by atoms with Crippen LogP contribution in [0.2, 0.25) is 0 Å². The summed E-state index contributed by atoms with van der Waals surface area (Å²) >= 11 is 0. The second kappa shape index (κ2) is 7.47. The van der Waals surface area contributed by atoms with E-state index in [0.717, 1.165) is 11.1 Å². The number of rotatable bonds is 6. The topological polar surface area (TPSA) is 57.7 Å². The molecule has 0 saturated heterocycles. The van der Waals surface area contributed by atoms with E-state index in [-0.39, 0.29) is 36.6 Å². The van der Waals surface area contributed by atoms with Gasteiger partial charge in [-0.3, -0.25) is 19.3 Å². The lowest BCUT2D eigenvalue weighted by atomic mass is 9.90. The molecule has 29 heavy (non-hydrogen) atoms. The molecule has 1 aliphatic carbocycles. The first-order valence-corrected chi connectivity index (χ1v) is 10.3. The summed E-state index contributed by atoms with van der Waals surface area (Å²) in [6.45, 7) is 5.53. The summed E-state index contributed by atoms with van der Waals surface area (Å²) in [6, 6.07) is 17.1. The first kappa shape index (κ1) is 19.4. The number of hydrogen-bond acceptors (Lipinski definition) is 3. The number of fused-ring (bicyclic) bond motifs is 1. The lowest BCUT2D eigenvalue weighted by molar-refractivity contribution is -0.135. The van der Waals surface area contributed by atoms with Crippen molar-refractivity contribution < 1.29 is 14.4 Å². The van der Waals surface area contributed by atoms with Crippen LogP contribution in [0.3, 0.4) is 0 Å². The molecule has 2 aromatic carbocycles. The number of amides is 3. The quantitative estimate of drug-likeness (QED) is 0.713. The molecule has 0 aromatic heterocycles. The summed E-state index contributed by atoms with van der Waals surface area (Å²) < 4.78 is 0. The van der Waals surface area contributed by atoms with Gasteiger partial charge in [-0.05, 0) is 43.4 Å². The van der Waals surface area contributed by atoms with Crippen LogP contribution in [0.4, 0.5) is 0 Å². The fraction of sp³-hybridized carbons (Fsp3) is 0.375. The van der Waals surface area contributed by atoms with Gasteiger partial charge in [-0.25, -0.2) is 0 Å². The second-order valence-corrected chi connectivity index (χ2v) is 7.86. The van der Waals surface area contributed by atoms with Crippen molar-refractivity contribution in [1.82, 2.24) is 9.80 Å². The third-order valence-electron chi connectivity index (χ3n) is 6.36. The second-order valence-electron chi connectivity index (χ2n) is 7.86. The fourth-order valence-corrected chi connectivity index (χ4v) is 4.62. The minimum Gasteiger partial charge on any atom is -0.342 e. The van der Waals surface area contributed by atoms with Crippen LogP contribution >= 0.6 is 0 Å². The maximum atomic E-state index is 13.4. The zero-order valence-electron chi connectivity index (χ0n) is 16.9. The number of nitrogens with zero attached hydrogens (tertiary/aromatic N) is 2. The molecule has 5 nitrogen and oxygen atoms in total. The van der Waals surface area contributed by atoms with Crippen LogP contribution in [0.5, 0.6) is 0 Å². The molecule has 2 aliphatic rings. The van der Waals surface area contributed by atoms with Gasteiger partial charge in [-0.2, -0.15) is 0 Å².